The number of Topliss-reactive ketones (excluding diaryl/α,β-unsaturated/α-hetero) is 1. The Labute approximate surface area is 240 Å². The first-order valence-electron chi connectivity index (χ1n) is 13.9. The summed E-state index contributed by atoms with van der Waals surface area (Å²) in [5.41, 5.74) is 2.22. The summed E-state index contributed by atoms with van der Waals surface area (Å²) >= 11 is 0. The van der Waals surface area contributed by atoms with Crippen molar-refractivity contribution in [2.24, 2.45) is 5.92 Å². The lowest BCUT2D eigenvalue weighted by Gasteiger charge is -2.32. The van der Waals surface area contributed by atoms with Crippen LogP contribution in [0.2, 0.25) is 0 Å². The van der Waals surface area contributed by atoms with Gasteiger partial charge in [0.1, 0.15) is 18.7 Å². The number of hydrogen-bond acceptors (Lipinski definition) is 7. The number of ether oxygens (including phenoxy) is 2. The molecule has 1 aromatic carbocycles. The number of likely N-dealkylation sites (tertiary alicyclic amines) is 1. The molecule has 1 heterocycles. The van der Waals surface area contributed by atoms with E-state index in [0.717, 1.165) is 11.1 Å². The van der Waals surface area contributed by atoms with E-state index in [9.17, 15) is 24.0 Å². The largest absolute Gasteiger partial charge is 0.447 e. The van der Waals surface area contributed by atoms with Crippen LogP contribution in [0.15, 0.2) is 49.6 Å². The van der Waals surface area contributed by atoms with Crippen LogP contribution in [-0.4, -0.2) is 86.0 Å². The third kappa shape index (κ3) is 8.50. The molecule has 1 aliphatic carbocycles. The smallest absolute Gasteiger partial charge is 0.407 e. The minimum Gasteiger partial charge on any atom is -0.447 e. The molecule has 4 amide bonds. The molecule has 0 radical (unpaired) electrons. The molecule has 1 saturated heterocycles. The molecule has 3 N–H and O–H groups in total. The normalized spacial score (nSPS) is 17.6. The van der Waals surface area contributed by atoms with Gasteiger partial charge in [0.15, 0.2) is 0 Å². The predicted molar refractivity (Wildman–Crippen MR) is 152 cm³/mol. The molecule has 1 aromatic rings. The molecule has 0 saturated carbocycles. The predicted octanol–water partition coefficient (Wildman–Crippen LogP) is 1.46. The highest BCUT2D eigenvalue weighted by Gasteiger charge is 2.43. The fraction of sp³-hybridized carbons (Fsp3) is 0.500. The molecule has 1 aliphatic heterocycles. The number of carbonyl (C=O) groups excluding carboxylic acids is 5. The lowest BCUT2D eigenvalue weighted by molar-refractivity contribution is -0.143. The molecular weight excluding hydrogens is 528 g/mol. The van der Waals surface area contributed by atoms with Gasteiger partial charge < -0.3 is 30.3 Å². The third-order valence-corrected chi connectivity index (χ3v) is 7.38. The summed E-state index contributed by atoms with van der Waals surface area (Å²) in [5.74, 6) is -2.74. The summed E-state index contributed by atoms with van der Waals surface area (Å²) in [7, 11) is 1.49. The molecule has 3 rings (SSSR count). The maximum atomic E-state index is 14.0. The van der Waals surface area contributed by atoms with Crippen LogP contribution < -0.4 is 16.0 Å². The van der Waals surface area contributed by atoms with Crippen molar-refractivity contribution in [1.29, 1.82) is 0 Å². The number of allylic oxidation sites excluding steroid dienone is 1. The maximum Gasteiger partial charge on any atom is 0.407 e. The Bertz CT molecular complexity index is 1110. The summed E-state index contributed by atoms with van der Waals surface area (Å²) in [6.45, 7) is 7.85. The van der Waals surface area contributed by atoms with Crippen molar-refractivity contribution < 1.29 is 33.4 Å². The number of rotatable bonds is 15. The van der Waals surface area contributed by atoms with Crippen LogP contribution in [0.5, 0.6) is 0 Å². The number of alkyl carbamates (subject to hydrolysis) is 1. The minimum atomic E-state index is -1.07. The second kappa shape index (κ2) is 15.7. The highest BCUT2D eigenvalue weighted by molar-refractivity contribution is 6.38. The Morgan fingerprint density at radius 2 is 1.76 bits per heavy atom. The van der Waals surface area contributed by atoms with Gasteiger partial charge in [0.25, 0.3) is 5.91 Å². The fourth-order valence-electron chi connectivity index (χ4n) is 5.31. The van der Waals surface area contributed by atoms with Crippen LogP contribution in [0.3, 0.4) is 0 Å². The summed E-state index contributed by atoms with van der Waals surface area (Å²) in [4.78, 5) is 66.6. The second-order valence-corrected chi connectivity index (χ2v) is 10.2. The van der Waals surface area contributed by atoms with Gasteiger partial charge in [0, 0.05) is 20.2 Å². The van der Waals surface area contributed by atoms with E-state index in [-0.39, 0.29) is 38.0 Å². The lowest BCUT2D eigenvalue weighted by Crippen LogP contribution is -2.58. The first kappa shape index (κ1) is 31.5. The quantitative estimate of drug-likeness (QED) is 0.165. The molecule has 11 nitrogen and oxygen atoms in total. The maximum absolute atomic E-state index is 14.0. The van der Waals surface area contributed by atoms with Gasteiger partial charge >= 0.3 is 6.09 Å². The van der Waals surface area contributed by atoms with Crippen LogP contribution in [0.4, 0.5) is 4.79 Å². The highest BCUT2D eigenvalue weighted by atomic mass is 16.6. The number of nitrogens with one attached hydrogen (secondary N) is 3. The van der Waals surface area contributed by atoms with Gasteiger partial charge in [-0.2, -0.15) is 0 Å². The topological polar surface area (TPSA) is 143 Å². The molecule has 11 heteroatoms. The average molecular weight is 569 g/mol. The summed E-state index contributed by atoms with van der Waals surface area (Å²) < 4.78 is 10.1. The molecule has 3 atom stereocenters. The van der Waals surface area contributed by atoms with Crippen LogP contribution >= 0.6 is 0 Å². The zero-order chi connectivity index (χ0) is 29.8. The Morgan fingerprint density at radius 3 is 2.39 bits per heavy atom. The van der Waals surface area contributed by atoms with Crippen molar-refractivity contribution in [2.45, 2.75) is 56.7 Å². The van der Waals surface area contributed by atoms with Gasteiger partial charge in [0.2, 0.25) is 17.6 Å². The van der Waals surface area contributed by atoms with Crippen molar-refractivity contribution in [1.82, 2.24) is 20.9 Å². The van der Waals surface area contributed by atoms with E-state index in [1.165, 1.54) is 18.1 Å². The number of ketones is 1. The van der Waals surface area contributed by atoms with Crippen LogP contribution in [0.25, 0.3) is 0 Å². The monoisotopic (exact) mass is 568 g/mol. The molecule has 41 heavy (non-hydrogen) atoms. The molecule has 0 bridgehead atoms. The number of nitrogens with zero attached hydrogens (tertiary/aromatic N) is 1. The van der Waals surface area contributed by atoms with E-state index < -0.39 is 41.8 Å². The number of methoxy groups -OCH3 is 1. The SMILES string of the molecule is C=CCCC(NC(=O)[C@@H]1CCCN1C(=O)[C@@H](NC(=O)OCCOC)C1Cc2ccccc2C1)C(=O)C(=O)NCC=C. The molecule has 1 unspecified atom stereocenters. The van der Waals surface area contributed by atoms with Crippen LogP contribution in [-0.2, 0) is 41.5 Å². The molecular formula is C30H40N4O7. The van der Waals surface area contributed by atoms with Crippen LogP contribution in [0, 0.1) is 5.92 Å². The van der Waals surface area contributed by atoms with E-state index in [2.05, 4.69) is 29.1 Å². The third-order valence-electron chi connectivity index (χ3n) is 7.38. The number of benzene rings is 1. The first-order chi connectivity index (χ1) is 19.8. The van der Waals surface area contributed by atoms with E-state index in [0.29, 0.717) is 38.6 Å². The zero-order valence-electron chi connectivity index (χ0n) is 23.6. The number of hydrogen-bond donors (Lipinski definition) is 3. The van der Waals surface area contributed by atoms with Crippen molar-refractivity contribution in [3.05, 3.63) is 60.7 Å². The van der Waals surface area contributed by atoms with Crippen molar-refractivity contribution in [2.75, 3.05) is 33.4 Å². The first-order valence-corrected chi connectivity index (χ1v) is 13.9. The minimum absolute atomic E-state index is 0.0311. The van der Waals surface area contributed by atoms with Crippen LogP contribution in [0.1, 0.15) is 36.8 Å². The Morgan fingerprint density at radius 1 is 1.05 bits per heavy atom. The second-order valence-electron chi connectivity index (χ2n) is 10.2. The standard InChI is InChI=1S/C30H40N4O7/c1-4-6-12-23(26(35)28(37)31-14-5-2)32-27(36)24-13-9-15-34(24)29(38)25(33-30(39)41-17-16-40-3)22-18-20-10-7-8-11-21(20)19-22/h4-5,7-8,10-11,22-25H,1-2,6,9,12-19H2,3H3,(H,31,37)(H,32,36)(H,33,39)/t23?,24-,25-/m0/s1. The summed E-state index contributed by atoms with van der Waals surface area (Å²) in [5, 5.41) is 7.88. The summed E-state index contributed by atoms with van der Waals surface area (Å²) in [6, 6.07) is 5.04. The number of fused-ring (bicyclic) bond motifs is 1. The fourth-order valence-corrected chi connectivity index (χ4v) is 5.31. The van der Waals surface area contributed by atoms with Gasteiger partial charge in [-0.25, -0.2) is 4.79 Å². The van der Waals surface area contributed by atoms with Crippen molar-refractivity contribution in [3.8, 4) is 0 Å². The van der Waals surface area contributed by atoms with Crippen molar-refractivity contribution in [3.63, 3.8) is 0 Å². The molecule has 0 spiro atoms. The Hall–Kier alpha value is -3.99. The van der Waals surface area contributed by atoms with Gasteiger partial charge in [-0.1, -0.05) is 36.4 Å². The number of amides is 4. The van der Waals surface area contributed by atoms with E-state index in [1.807, 2.05) is 24.3 Å². The van der Waals surface area contributed by atoms with Gasteiger partial charge in [0.05, 0.1) is 12.6 Å². The highest BCUT2D eigenvalue weighted by Crippen LogP contribution is 2.31. The molecule has 0 aromatic heterocycles. The molecule has 222 valence electrons. The zero-order valence-corrected chi connectivity index (χ0v) is 23.6. The Balaban J connectivity index is 1.76. The Kier molecular flexibility index (Phi) is 12.1. The van der Waals surface area contributed by atoms with E-state index >= 15 is 0 Å². The molecule has 2 aliphatic rings. The number of carbonyl (C=O) groups is 5. The van der Waals surface area contributed by atoms with Gasteiger partial charge in [-0.05, 0) is 55.6 Å². The van der Waals surface area contributed by atoms with Crippen molar-refractivity contribution >= 4 is 29.6 Å². The van der Waals surface area contributed by atoms with E-state index in [1.54, 1.807) is 6.08 Å². The van der Waals surface area contributed by atoms with Gasteiger partial charge in [-0.3, -0.25) is 19.2 Å². The average Bonchev–Trinajstić information content (AvgIpc) is 3.64. The van der Waals surface area contributed by atoms with Gasteiger partial charge in [-0.15, -0.1) is 13.2 Å². The summed E-state index contributed by atoms with van der Waals surface area (Å²) in [6.07, 6.45) is 5.04. The molecule has 1 fully saturated rings. The van der Waals surface area contributed by atoms with E-state index in [4.69, 9.17) is 9.47 Å². The lowest BCUT2D eigenvalue weighted by atomic mass is 9.95.